The predicted octanol–water partition coefficient (Wildman–Crippen LogP) is 2.83. The van der Waals surface area contributed by atoms with Gasteiger partial charge in [-0.25, -0.2) is 0 Å². The first kappa shape index (κ1) is 18.6. The number of aliphatic carboxylic acids is 1. The number of hydrogen-bond acceptors (Lipinski definition) is 4. The summed E-state index contributed by atoms with van der Waals surface area (Å²) in [5, 5.41) is 9.21. The number of methoxy groups -OCH3 is 1. The molecule has 1 atom stereocenters. The van der Waals surface area contributed by atoms with Gasteiger partial charge in [-0.15, -0.1) is 12.4 Å². The number of ether oxygens (including phenoxy) is 2. The monoisotopic (exact) mass is 329 g/mol. The molecule has 1 aromatic carbocycles. The molecule has 1 heterocycles. The van der Waals surface area contributed by atoms with Crippen LogP contribution in [0.4, 0.5) is 0 Å². The molecule has 0 aromatic heterocycles. The van der Waals surface area contributed by atoms with Crippen LogP contribution in [0, 0.1) is 0 Å². The number of carbonyl (C=O) groups is 1. The lowest BCUT2D eigenvalue weighted by Gasteiger charge is -2.32. The second kappa shape index (κ2) is 9.54. The number of likely N-dealkylation sites (tertiary alicyclic amines) is 1. The third kappa shape index (κ3) is 5.39. The highest BCUT2D eigenvalue weighted by molar-refractivity contribution is 5.85. The topological polar surface area (TPSA) is 59.0 Å². The predicted molar refractivity (Wildman–Crippen MR) is 87.2 cm³/mol. The minimum Gasteiger partial charge on any atom is -0.497 e. The summed E-state index contributed by atoms with van der Waals surface area (Å²) >= 11 is 0. The van der Waals surface area contributed by atoms with E-state index in [-0.39, 0.29) is 18.4 Å². The van der Waals surface area contributed by atoms with Crippen molar-refractivity contribution in [2.24, 2.45) is 0 Å². The molecular formula is C16H24ClNO4. The zero-order chi connectivity index (χ0) is 15.1. The Morgan fingerprint density at radius 1 is 1.27 bits per heavy atom. The lowest BCUT2D eigenvalue weighted by molar-refractivity contribution is -0.144. The minimum absolute atomic E-state index is 0. The zero-order valence-corrected chi connectivity index (χ0v) is 13.7. The third-order valence-corrected chi connectivity index (χ3v) is 3.82. The van der Waals surface area contributed by atoms with E-state index in [4.69, 9.17) is 9.47 Å². The van der Waals surface area contributed by atoms with E-state index in [1.54, 1.807) is 7.11 Å². The van der Waals surface area contributed by atoms with E-state index in [1.807, 2.05) is 24.3 Å². The molecule has 2 rings (SSSR count). The molecule has 0 amide bonds. The maximum atomic E-state index is 11.2. The van der Waals surface area contributed by atoms with E-state index in [2.05, 4.69) is 4.90 Å². The van der Waals surface area contributed by atoms with Gasteiger partial charge in [0.05, 0.1) is 13.7 Å². The number of piperidine rings is 1. The fraction of sp³-hybridized carbons (Fsp3) is 0.562. The molecule has 1 aliphatic rings. The molecule has 1 unspecified atom stereocenters. The second-order valence-corrected chi connectivity index (χ2v) is 5.26. The fourth-order valence-corrected chi connectivity index (χ4v) is 2.67. The molecule has 22 heavy (non-hydrogen) atoms. The van der Waals surface area contributed by atoms with Crippen molar-refractivity contribution in [3.63, 3.8) is 0 Å². The molecule has 1 saturated heterocycles. The number of carboxylic acid groups (broad SMARTS) is 1. The van der Waals surface area contributed by atoms with Gasteiger partial charge in [-0.2, -0.15) is 0 Å². The Morgan fingerprint density at radius 3 is 2.59 bits per heavy atom. The van der Waals surface area contributed by atoms with Gasteiger partial charge in [0.15, 0.2) is 0 Å². The summed E-state index contributed by atoms with van der Waals surface area (Å²) in [4.78, 5) is 13.3. The van der Waals surface area contributed by atoms with Crippen LogP contribution in [0.3, 0.4) is 0 Å². The molecular weight excluding hydrogens is 306 g/mol. The summed E-state index contributed by atoms with van der Waals surface area (Å²) in [7, 11) is 1.63. The molecule has 1 N–H and O–H groups in total. The van der Waals surface area contributed by atoms with Crippen LogP contribution in [-0.4, -0.2) is 48.8 Å². The van der Waals surface area contributed by atoms with Crippen LogP contribution in [0.5, 0.6) is 11.5 Å². The van der Waals surface area contributed by atoms with Crippen molar-refractivity contribution in [3.8, 4) is 11.5 Å². The standard InChI is InChI=1S/C16H23NO4.ClH/c1-20-13-6-8-14(9-7-13)21-12-4-11-17-10-3-2-5-15(17)16(18)19;/h6-9,15H,2-5,10-12H2,1H3,(H,18,19);1H. The van der Waals surface area contributed by atoms with Crippen molar-refractivity contribution in [2.45, 2.75) is 31.7 Å². The van der Waals surface area contributed by atoms with Gasteiger partial charge in [-0.3, -0.25) is 9.69 Å². The molecule has 124 valence electrons. The van der Waals surface area contributed by atoms with Gasteiger partial charge in [0.25, 0.3) is 0 Å². The lowest BCUT2D eigenvalue weighted by atomic mass is 10.0. The molecule has 1 aromatic rings. The minimum atomic E-state index is -0.703. The first-order valence-corrected chi connectivity index (χ1v) is 7.44. The molecule has 0 bridgehead atoms. The van der Waals surface area contributed by atoms with Gasteiger partial charge in [0.2, 0.25) is 0 Å². The van der Waals surface area contributed by atoms with Crippen LogP contribution >= 0.6 is 12.4 Å². The van der Waals surface area contributed by atoms with Crippen LogP contribution < -0.4 is 9.47 Å². The Kier molecular flexibility index (Phi) is 8.06. The van der Waals surface area contributed by atoms with Gasteiger partial charge in [0, 0.05) is 6.54 Å². The number of carboxylic acids is 1. The van der Waals surface area contributed by atoms with Gasteiger partial charge in [-0.1, -0.05) is 6.42 Å². The average Bonchev–Trinajstić information content (AvgIpc) is 2.52. The zero-order valence-electron chi connectivity index (χ0n) is 12.9. The van der Waals surface area contributed by atoms with Crippen LogP contribution in [0.2, 0.25) is 0 Å². The lowest BCUT2D eigenvalue weighted by Crippen LogP contribution is -2.45. The van der Waals surface area contributed by atoms with Crippen molar-refractivity contribution in [2.75, 3.05) is 26.8 Å². The Labute approximate surface area is 137 Å². The summed E-state index contributed by atoms with van der Waals surface area (Å²) < 4.78 is 10.8. The maximum Gasteiger partial charge on any atom is 0.320 e. The van der Waals surface area contributed by atoms with Gasteiger partial charge in [0.1, 0.15) is 17.5 Å². The van der Waals surface area contributed by atoms with Crippen molar-refractivity contribution in [1.82, 2.24) is 4.90 Å². The smallest absolute Gasteiger partial charge is 0.320 e. The molecule has 0 radical (unpaired) electrons. The van der Waals surface area contributed by atoms with E-state index in [0.29, 0.717) is 6.61 Å². The first-order chi connectivity index (χ1) is 10.2. The van der Waals surface area contributed by atoms with E-state index in [1.165, 1.54) is 0 Å². The quantitative estimate of drug-likeness (QED) is 0.779. The van der Waals surface area contributed by atoms with Crippen molar-refractivity contribution >= 4 is 18.4 Å². The summed E-state index contributed by atoms with van der Waals surface area (Å²) in [6.07, 6.45) is 3.68. The van der Waals surface area contributed by atoms with Gasteiger partial charge >= 0.3 is 5.97 Å². The van der Waals surface area contributed by atoms with E-state index in [0.717, 1.165) is 50.3 Å². The second-order valence-electron chi connectivity index (χ2n) is 5.26. The van der Waals surface area contributed by atoms with E-state index < -0.39 is 5.97 Å². The summed E-state index contributed by atoms with van der Waals surface area (Å²) in [5.74, 6) is 0.912. The molecule has 6 heteroatoms. The van der Waals surface area contributed by atoms with Crippen LogP contribution in [0.25, 0.3) is 0 Å². The number of halogens is 1. The van der Waals surface area contributed by atoms with Gasteiger partial charge in [-0.05, 0) is 50.1 Å². The van der Waals surface area contributed by atoms with Crippen LogP contribution in [-0.2, 0) is 4.79 Å². The summed E-state index contributed by atoms with van der Waals surface area (Å²) in [6, 6.07) is 7.15. The van der Waals surface area contributed by atoms with Crippen molar-refractivity contribution < 1.29 is 19.4 Å². The summed E-state index contributed by atoms with van der Waals surface area (Å²) in [6.45, 7) is 2.24. The molecule has 0 spiro atoms. The Balaban J connectivity index is 0.00000242. The third-order valence-electron chi connectivity index (χ3n) is 3.82. The van der Waals surface area contributed by atoms with E-state index in [9.17, 15) is 9.90 Å². The Morgan fingerprint density at radius 2 is 1.95 bits per heavy atom. The number of nitrogens with zero attached hydrogens (tertiary/aromatic N) is 1. The normalized spacial score (nSPS) is 18.3. The number of benzene rings is 1. The number of hydrogen-bond donors (Lipinski definition) is 1. The number of rotatable bonds is 7. The molecule has 1 aliphatic heterocycles. The Bertz CT molecular complexity index is 452. The first-order valence-electron chi connectivity index (χ1n) is 7.44. The highest BCUT2D eigenvalue weighted by atomic mass is 35.5. The largest absolute Gasteiger partial charge is 0.497 e. The maximum absolute atomic E-state index is 11.2. The van der Waals surface area contributed by atoms with Crippen molar-refractivity contribution in [1.29, 1.82) is 0 Å². The summed E-state index contributed by atoms with van der Waals surface area (Å²) in [5.41, 5.74) is 0. The molecule has 5 nitrogen and oxygen atoms in total. The van der Waals surface area contributed by atoms with Crippen molar-refractivity contribution in [3.05, 3.63) is 24.3 Å². The molecule has 1 fully saturated rings. The van der Waals surface area contributed by atoms with Gasteiger partial charge < -0.3 is 14.6 Å². The fourth-order valence-electron chi connectivity index (χ4n) is 2.67. The average molecular weight is 330 g/mol. The molecule has 0 aliphatic carbocycles. The highest BCUT2D eigenvalue weighted by Crippen LogP contribution is 2.19. The van der Waals surface area contributed by atoms with Crippen LogP contribution in [0.1, 0.15) is 25.7 Å². The SMILES string of the molecule is COc1ccc(OCCCN2CCCCC2C(=O)O)cc1.Cl. The van der Waals surface area contributed by atoms with E-state index >= 15 is 0 Å². The highest BCUT2D eigenvalue weighted by Gasteiger charge is 2.27. The Hall–Kier alpha value is -1.46. The molecule has 0 saturated carbocycles. The van der Waals surface area contributed by atoms with Crippen LogP contribution in [0.15, 0.2) is 24.3 Å².